The van der Waals surface area contributed by atoms with E-state index >= 15 is 0 Å². The molecule has 0 bridgehead atoms. The molecule has 172 valence electrons. The van der Waals surface area contributed by atoms with Gasteiger partial charge in [0, 0.05) is 23.8 Å². The lowest BCUT2D eigenvalue weighted by atomic mass is 9.98. The van der Waals surface area contributed by atoms with Crippen LogP contribution in [0, 0.1) is 0 Å². The summed E-state index contributed by atoms with van der Waals surface area (Å²) < 4.78 is 0. The number of pyridine rings is 1. The van der Waals surface area contributed by atoms with Crippen molar-refractivity contribution >= 4 is 17.5 Å². The number of aromatic nitrogens is 1. The second-order valence-corrected chi connectivity index (χ2v) is 8.69. The fourth-order valence-corrected chi connectivity index (χ4v) is 4.02. The average Bonchev–Trinajstić information content (AvgIpc) is 2.84. The minimum atomic E-state index is -0.436. The van der Waals surface area contributed by atoms with Crippen LogP contribution in [-0.4, -0.2) is 22.8 Å². The number of rotatable bonds is 8. The van der Waals surface area contributed by atoms with Crippen LogP contribution in [0.25, 0.3) is 0 Å². The number of benzene rings is 3. The lowest BCUT2D eigenvalue weighted by Crippen LogP contribution is -2.33. The molecule has 1 heterocycles. The maximum absolute atomic E-state index is 13.1. The highest BCUT2D eigenvalue weighted by Crippen LogP contribution is 2.24. The van der Waals surface area contributed by atoms with Crippen LogP contribution in [0.5, 0.6) is 0 Å². The summed E-state index contributed by atoms with van der Waals surface area (Å²) in [4.78, 5) is 30.8. The second kappa shape index (κ2) is 11.0. The number of nitrogens with one attached hydrogen (secondary N) is 2. The van der Waals surface area contributed by atoms with Crippen molar-refractivity contribution in [3.8, 4) is 0 Å². The summed E-state index contributed by atoms with van der Waals surface area (Å²) in [5, 5.41) is 3.62. The van der Waals surface area contributed by atoms with Gasteiger partial charge in [0.2, 0.25) is 0 Å². The van der Waals surface area contributed by atoms with Crippen molar-refractivity contribution < 1.29 is 4.79 Å². The highest BCUT2D eigenvalue weighted by Gasteiger charge is 2.20. The molecule has 0 fully saturated rings. The molecule has 3 aromatic carbocycles. The predicted molar refractivity (Wildman–Crippen MR) is 136 cm³/mol. The van der Waals surface area contributed by atoms with Crippen molar-refractivity contribution in [2.24, 2.45) is 0 Å². The number of nitrogens with zero attached hydrogens (tertiary/aromatic N) is 1. The first-order chi connectivity index (χ1) is 16.5. The molecule has 0 radical (unpaired) electrons. The SMILES string of the molecule is CN(Cc1ccccc1)Cc1ccc(C(=O)N[C@@H](c2ccccc2)c2ccc(Cl)cc2)c(=O)[nH]1. The van der Waals surface area contributed by atoms with Crippen LogP contribution >= 0.6 is 11.6 Å². The van der Waals surface area contributed by atoms with Crippen molar-refractivity contribution in [3.05, 3.63) is 140 Å². The summed E-state index contributed by atoms with van der Waals surface area (Å²) in [6.07, 6.45) is 0. The molecule has 4 rings (SSSR count). The number of carbonyl (C=O) groups is 1. The topological polar surface area (TPSA) is 65.2 Å². The van der Waals surface area contributed by atoms with Crippen molar-refractivity contribution in [1.29, 1.82) is 0 Å². The molecule has 1 amide bonds. The Balaban J connectivity index is 1.50. The maximum atomic E-state index is 13.1. The van der Waals surface area contributed by atoms with E-state index in [4.69, 9.17) is 11.6 Å². The number of aromatic amines is 1. The average molecular weight is 472 g/mol. The van der Waals surface area contributed by atoms with E-state index in [1.165, 1.54) is 5.56 Å². The molecule has 0 unspecified atom stereocenters. The first-order valence-electron chi connectivity index (χ1n) is 11.1. The third kappa shape index (κ3) is 6.01. The molecule has 1 atom stereocenters. The van der Waals surface area contributed by atoms with Gasteiger partial charge in [-0.2, -0.15) is 0 Å². The number of amides is 1. The molecule has 5 nitrogen and oxygen atoms in total. The maximum Gasteiger partial charge on any atom is 0.261 e. The van der Waals surface area contributed by atoms with Gasteiger partial charge in [0.25, 0.3) is 11.5 Å². The van der Waals surface area contributed by atoms with Crippen molar-refractivity contribution in [2.75, 3.05) is 7.05 Å². The Kier molecular flexibility index (Phi) is 7.58. The van der Waals surface area contributed by atoms with Crippen LogP contribution in [0.15, 0.2) is 102 Å². The largest absolute Gasteiger partial charge is 0.341 e. The van der Waals surface area contributed by atoms with Gasteiger partial charge in [0.05, 0.1) is 6.04 Å². The van der Waals surface area contributed by atoms with Gasteiger partial charge in [-0.05, 0) is 48.0 Å². The van der Waals surface area contributed by atoms with Gasteiger partial charge in [-0.25, -0.2) is 0 Å². The smallest absolute Gasteiger partial charge is 0.261 e. The van der Waals surface area contributed by atoms with E-state index in [9.17, 15) is 9.59 Å². The van der Waals surface area contributed by atoms with Crippen LogP contribution < -0.4 is 10.9 Å². The summed E-state index contributed by atoms with van der Waals surface area (Å²) in [6, 6.07) is 30.0. The standard InChI is InChI=1S/C28H26ClN3O2/c1-32(18-20-8-4-2-5-9-20)19-24-16-17-25(27(33)30-24)28(34)31-26(21-10-6-3-7-11-21)22-12-14-23(29)15-13-22/h2-17,26H,18-19H2,1H3,(H,30,33)(H,31,34)/t26-/m0/s1. The van der Waals surface area contributed by atoms with Crippen molar-refractivity contribution in [1.82, 2.24) is 15.2 Å². The second-order valence-electron chi connectivity index (χ2n) is 8.25. The van der Waals surface area contributed by atoms with E-state index in [1.807, 2.05) is 67.7 Å². The quantitative estimate of drug-likeness (QED) is 0.372. The molecular weight excluding hydrogens is 446 g/mol. The molecule has 1 aromatic heterocycles. The van der Waals surface area contributed by atoms with Gasteiger partial charge in [-0.1, -0.05) is 84.4 Å². The minimum Gasteiger partial charge on any atom is -0.341 e. The number of hydrogen-bond acceptors (Lipinski definition) is 3. The van der Waals surface area contributed by atoms with E-state index in [-0.39, 0.29) is 5.56 Å². The first-order valence-corrected chi connectivity index (χ1v) is 11.4. The minimum absolute atomic E-state index is 0.0735. The molecule has 34 heavy (non-hydrogen) atoms. The van der Waals surface area contributed by atoms with Gasteiger partial charge in [-0.15, -0.1) is 0 Å². The van der Waals surface area contributed by atoms with Crippen molar-refractivity contribution in [3.63, 3.8) is 0 Å². The summed E-state index contributed by atoms with van der Waals surface area (Å²) in [7, 11) is 1.99. The zero-order valence-electron chi connectivity index (χ0n) is 18.9. The summed E-state index contributed by atoms with van der Waals surface area (Å²) >= 11 is 6.04. The van der Waals surface area contributed by atoms with Gasteiger partial charge in [0.15, 0.2) is 0 Å². The van der Waals surface area contributed by atoms with Gasteiger partial charge in [-0.3, -0.25) is 14.5 Å². The zero-order valence-corrected chi connectivity index (χ0v) is 19.6. The monoisotopic (exact) mass is 471 g/mol. The zero-order chi connectivity index (χ0) is 23.9. The molecule has 4 aromatic rings. The Hall–Kier alpha value is -3.67. The molecule has 0 saturated carbocycles. The van der Waals surface area contributed by atoms with E-state index in [0.29, 0.717) is 11.6 Å². The Bertz CT molecular complexity index is 1290. The summed E-state index contributed by atoms with van der Waals surface area (Å²) in [6.45, 7) is 1.31. The third-order valence-corrected chi connectivity index (χ3v) is 5.81. The van der Waals surface area contributed by atoms with Gasteiger partial charge in [0.1, 0.15) is 5.56 Å². The fourth-order valence-electron chi connectivity index (χ4n) is 3.90. The Labute approximate surface area is 204 Å². The van der Waals surface area contributed by atoms with E-state index < -0.39 is 17.5 Å². The molecule has 2 N–H and O–H groups in total. The lowest BCUT2D eigenvalue weighted by molar-refractivity contribution is 0.0941. The molecule has 0 aliphatic carbocycles. The molecular formula is C28H26ClN3O2. The number of halogens is 1. The van der Waals surface area contributed by atoms with E-state index in [1.54, 1.807) is 24.3 Å². The van der Waals surface area contributed by atoms with Crippen LogP contribution in [-0.2, 0) is 13.1 Å². The Morgan fingerprint density at radius 1 is 0.853 bits per heavy atom. The molecule has 6 heteroatoms. The fraction of sp³-hybridized carbons (Fsp3) is 0.143. The van der Waals surface area contributed by atoms with Gasteiger partial charge < -0.3 is 10.3 Å². The highest BCUT2D eigenvalue weighted by molar-refractivity contribution is 6.30. The molecule has 0 aliphatic heterocycles. The van der Waals surface area contributed by atoms with E-state index in [2.05, 4.69) is 27.3 Å². The highest BCUT2D eigenvalue weighted by atomic mass is 35.5. The molecule has 0 saturated heterocycles. The van der Waals surface area contributed by atoms with Gasteiger partial charge >= 0.3 is 0 Å². The number of carbonyl (C=O) groups excluding carboxylic acids is 1. The Morgan fingerprint density at radius 3 is 2.12 bits per heavy atom. The van der Waals surface area contributed by atoms with Crippen LogP contribution in [0.4, 0.5) is 0 Å². The summed E-state index contributed by atoms with van der Waals surface area (Å²) in [5.41, 5.74) is 3.39. The number of H-pyrrole nitrogens is 1. The predicted octanol–water partition coefficient (Wildman–Crippen LogP) is 5.18. The lowest BCUT2D eigenvalue weighted by Gasteiger charge is -2.20. The van der Waals surface area contributed by atoms with Crippen LogP contribution in [0.1, 0.15) is 38.8 Å². The third-order valence-electron chi connectivity index (χ3n) is 5.56. The Morgan fingerprint density at radius 2 is 1.47 bits per heavy atom. The molecule has 0 aliphatic rings. The van der Waals surface area contributed by atoms with Crippen molar-refractivity contribution in [2.45, 2.75) is 19.1 Å². The normalized spacial score (nSPS) is 11.9. The van der Waals surface area contributed by atoms with E-state index in [0.717, 1.165) is 23.4 Å². The first kappa shape index (κ1) is 23.5. The van der Waals surface area contributed by atoms with Crippen LogP contribution in [0.3, 0.4) is 0 Å². The number of hydrogen-bond donors (Lipinski definition) is 2. The summed E-state index contributed by atoms with van der Waals surface area (Å²) in [5.74, 6) is -0.436. The van der Waals surface area contributed by atoms with Crippen LogP contribution in [0.2, 0.25) is 5.02 Å². The molecule has 0 spiro atoms.